The maximum atomic E-state index is 11.0. The van der Waals surface area contributed by atoms with Gasteiger partial charge in [0.25, 0.3) is 11.8 Å². The fourth-order valence-electron chi connectivity index (χ4n) is 3.29. The first-order chi connectivity index (χ1) is 13.6. The van der Waals surface area contributed by atoms with Gasteiger partial charge in [-0.2, -0.15) is 10.2 Å². The third-order valence-electron chi connectivity index (χ3n) is 4.51. The Balaban J connectivity index is 1.65. The molecule has 0 fully saturated rings. The molecule has 4 rings (SSSR count). The summed E-state index contributed by atoms with van der Waals surface area (Å²) in [6.07, 6.45) is 1.65. The van der Waals surface area contributed by atoms with Crippen molar-refractivity contribution in [3.63, 3.8) is 0 Å². The molecular formula is C21H18N4O3. The zero-order valence-electron chi connectivity index (χ0n) is 15.5. The van der Waals surface area contributed by atoms with Crippen LogP contribution in [0.2, 0.25) is 0 Å². The third kappa shape index (κ3) is 3.21. The molecule has 1 aliphatic heterocycles. The normalized spacial score (nSPS) is 12.7. The highest BCUT2D eigenvalue weighted by Gasteiger charge is 2.25. The lowest BCUT2D eigenvalue weighted by Crippen LogP contribution is -2.14. The Bertz CT molecular complexity index is 1080. The highest BCUT2D eigenvalue weighted by Crippen LogP contribution is 2.35. The number of benzene rings is 2. The smallest absolute Gasteiger partial charge is 0.270 e. The first-order valence-corrected chi connectivity index (χ1v) is 8.99. The molecule has 0 saturated heterocycles. The van der Waals surface area contributed by atoms with Crippen molar-refractivity contribution < 1.29 is 14.1 Å². The second kappa shape index (κ2) is 7.16. The van der Waals surface area contributed by atoms with Gasteiger partial charge >= 0.3 is 0 Å². The molecule has 2 aromatic carbocycles. The van der Waals surface area contributed by atoms with E-state index in [4.69, 9.17) is 9.26 Å². The number of rotatable bonds is 5. The van der Waals surface area contributed by atoms with Crippen molar-refractivity contribution in [3.05, 3.63) is 53.1 Å². The van der Waals surface area contributed by atoms with Crippen LogP contribution in [0.1, 0.15) is 35.3 Å². The topological polar surface area (TPSA) is 92.2 Å². The molecule has 3 aromatic rings. The zero-order valence-corrected chi connectivity index (χ0v) is 15.5. The summed E-state index contributed by atoms with van der Waals surface area (Å²) in [7, 11) is 0. The maximum absolute atomic E-state index is 11.0. The standard InChI is InChI=1S/C21H18N4O3/c1-13(2)27-17-4-5-18(16(10-17)11-22)20-23-21(24-28-20)25-8-7-15-9-14(12-26)3-6-19(15)25/h3-6,9-10,12-13H,7-8H2,1-2H3. The van der Waals surface area contributed by atoms with Gasteiger partial charge in [-0.25, -0.2) is 0 Å². The average Bonchev–Trinajstić information content (AvgIpc) is 3.33. The Labute approximate surface area is 162 Å². The van der Waals surface area contributed by atoms with Gasteiger partial charge in [-0.05, 0) is 67.4 Å². The number of hydrogen-bond acceptors (Lipinski definition) is 7. The van der Waals surface area contributed by atoms with Crippen LogP contribution in [0.15, 0.2) is 40.9 Å². The van der Waals surface area contributed by atoms with Crippen LogP contribution in [0.5, 0.6) is 5.75 Å². The number of ether oxygens (including phenoxy) is 1. The summed E-state index contributed by atoms with van der Waals surface area (Å²) in [5.41, 5.74) is 3.65. The zero-order chi connectivity index (χ0) is 19.7. The number of aromatic nitrogens is 2. The molecule has 0 atom stereocenters. The van der Waals surface area contributed by atoms with Crippen LogP contribution >= 0.6 is 0 Å². The molecule has 0 amide bonds. The molecule has 7 nitrogen and oxygen atoms in total. The Morgan fingerprint density at radius 1 is 1.29 bits per heavy atom. The van der Waals surface area contributed by atoms with E-state index >= 15 is 0 Å². The van der Waals surface area contributed by atoms with Gasteiger partial charge in [-0.3, -0.25) is 4.79 Å². The van der Waals surface area contributed by atoms with E-state index in [9.17, 15) is 10.1 Å². The molecule has 28 heavy (non-hydrogen) atoms. The highest BCUT2D eigenvalue weighted by atomic mass is 16.5. The molecule has 0 spiro atoms. The number of carbonyl (C=O) groups excluding carboxylic acids is 1. The van der Waals surface area contributed by atoms with Crippen LogP contribution in [0, 0.1) is 11.3 Å². The number of nitriles is 1. The number of fused-ring (bicyclic) bond motifs is 1. The summed E-state index contributed by atoms with van der Waals surface area (Å²) in [6, 6.07) is 12.9. The summed E-state index contributed by atoms with van der Waals surface area (Å²) in [5.74, 6) is 1.33. The van der Waals surface area contributed by atoms with Gasteiger partial charge in [-0.1, -0.05) is 0 Å². The Hall–Kier alpha value is -3.66. The van der Waals surface area contributed by atoms with Crippen LogP contribution in [-0.4, -0.2) is 29.1 Å². The highest BCUT2D eigenvalue weighted by molar-refractivity contribution is 5.79. The molecule has 2 heterocycles. The lowest BCUT2D eigenvalue weighted by atomic mass is 10.1. The summed E-state index contributed by atoms with van der Waals surface area (Å²) in [5, 5.41) is 13.6. The summed E-state index contributed by atoms with van der Waals surface area (Å²) < 4.78 is 11.1. The van der Waals surface area contributed by atoms with Gasteiger partial charge < -0.3 is 14.2 Å². The first-order valence-electron chi connectivity index (χ1n) is 8.99. The Morgan fingerprint density at radius 3 is 2.89 bits per heavy atom. The molecule has 1 aromatic heterocycles. The largest absolute Gasteiger partial charge is 0.491 e. The maximum Gasteiger partial charge on any atom is 0.270 e. The number of carbonyl (C=O) groups is 1. The summed E-state index contributed by atoms with van der Waals surface area (Å²) >= 11 is 0. The SMILES string of the molecule is CC(C)Oc1ccc(-c2nc(N3CCc4cc(C=O)ccc43)no2)c(C#N)c1. The van der Waals surface area contributed by atoms with Gasteiger partial charge in [0.2, 0.25) is 0 Å². The summed E-state index contributed by atoms with van der Waals surface area (Å²) in [4.78, 5) is 17.4. The van der Waals surface area contributed by atoms with Gasteiger partial charge in [0.1, 0.15) is 18.1 Å². The second-order valence-electron chi connectivity index (χ2n) is 6.79. The van der Waals surface area contributed by atoms with Crippen molar-refractivity contribution in [3.8, 4) is 23.3 Å². The van der Waals surface area contributed by atoms with Crippen molar-refractivity contribution in [1.82, 2.24) is 10.1 Å². The molecule has 0 unspecified atom stereocenters. The van der Waals surface area contributed by atoms with Crippen molar-refractivity contribution in [2.24, 2.45) is 0 Å². The molecule has 0 N–H and O–H groups in total. The third-order valence-corrected chi connectivity index (χ3v) is 4.51. The van der Waals surface area contributed by atoms with E-state index in [1.807, 2.05) is 30.9 Å². The first kappa shape index (κ1) is 17.7. The van der Waals surface area contributed by atoms with Crippen molar-refractivity contribution in [2.45, 2.75) is 26.4 Å². The van der Waals surface area contributed by atoms with E-state index < -0.39 is 0 Å². The van der Waals surface area contributed by atoms with E-state index in [0.29, 0.717) is 34.9 Å². The average molecular weight is 374 g/mol. The fourth-order valence-corrected chi connectivity index (χ4v) is 3.29. The molecular weight excluding hydrogens is 356 g/mol. The van der Waals surface area contributed by atoms with E-state index in [-0.39, 0.29) is 12.0 Å². The van der Waals surface area contributed by atoms with Gasteiger partial charge in [0.05, 0.1) is 17.2 Å². The molecule has 0 saturated carbocycles. The Kier molecular flexibility index (Phi) is 4.53. The quantitative estimate of drug-likeness (QED) is 0.625. The molecule has 7 heteroatoms. The number of hydrogen-bond donors (Lipinski definition) is 0. The van der Waals surface area contributed by atoms with Crippen LogP contribution in [0.4, 0.5) is 11.6 Å². The monoisotopic (exact) mass is 374 g/mol. The van der Waals surface area contributed by atoms with Crippen LogP contribution < -0.4 is 9.64 Å². The second-order valence-corrected chi connectivity index (χ2v) is 6.79. The minimum atomic E-state index is 0.0161. The number of anilines is 2. The summed E-state index contributed by atoms with van der Waals surface area (Å²) in [6.45, 7) is 4.55. The van der Waals surface area contributed by atoms with E-state index in [1.54, 1.807) is 24.3 Å². The van der Waals surface area contributed by atoms with Crippen molar-refractivity contribution >= 4 is 17.9 Å². The fraction of sp³-hybridized carbons (Fsp3) is 0.238. The molecule has 0 bridgehead atoms. The van der Waals surface area contributed by atoms with Gasteiger partial charge in [0, 0.05) is 17.8 Å². The molecule has 0 radical (unpaired) electrons. The van der Waals surface area contributed by atoms with E-state index in [1.165, 1.54) is 0 Å². The lowest BCUT2D eigenvalue weighted by Gasteiger charge is -2.13. The van der Waals surface area contributed by atoms with Crippen LogP contribution in [0.3, 0.4) is 0 Å². The molecule has 0 aliphatic carbocycles. The van der Waals surface area contributed by atoms with Gasteiger partial charge in [-0.15, -0.1) is 0 Å². The van der Waals surface area contributed by atoms with E-state index in [2.05, 4.69) is 16.2 Å². The van der Waals surface area contributed by atoms with Crippen LogP contribution in [0.25, 0.3) is 11.5 Å². The minimum Gasteiger partial charge on any atom is -0.491 e. The van der Waals surface area contributed by atoms with Crippen LogP contribution in [-0.2, 0) is 6.42 Å². The van der Waals surface area contributed by atoms with E-state index in [0.717, 1.165) is 24.0 Å². The minimum absolute atomic E-state index is 0.0161. The Morgan fingerprint density at radius 2 is 2.14 bits per heavy atom. The predicted octanol–water partition coefficient (Wildman–Crippen LogP) is 3.90. The number of aldehydes is 1. The van der Waals surface area contributed by atoms with Crippen molar-refractivity contribution in [1.29, 1.82) is 5.26 Å². The molecule has 140 valence electrons. The molecule has 1 aliphatic rings. The number of nitrogens with zero attached hydrogens (tertiary/aromatic N) is 4. The lowest BCUT2D eigenvalue weighted by molar-refractivity contribution is 0.112. The predicted molar refractivity (Wildman–Crippen MR) is 103 cm³/mol. The van der Waals surface area contributed by atoms with Gasteiger partial charge in [0.15, 0.2) is 0 Å². The van der Waals surface area contributed by atoms with Crippen molar-refractivity contribution in [2.75, 3.05) is 11.4 Å².